The van der Waals surface area contributed by atoms with Crippen molar-refractivity contribution < 1.29 is 17.9 Å². The van der Waals surface area contributed by atoms with Gasteiger partial charge in [-0.2, -0.15) is 0 Å². The van der Waals surface area contributed by atoms with Crippen LogP contribution >= 0.6 is 0 Å². The third-order valence-corrected chi connectivity index (χ3v) is 5.35. The third-order valence-electron chi connectivity index (χ3n) is 5.35. The number of hydrogen-bond donors (Lipinski definition) is 1. The van der Waals surface area contributed by atoms with E-state index in [1.807, 2.05) is 29.2 Å². The average Bonchev–Trinajstić information content (AvgIpc) is 3.00. The Morgan fingerprint density at radius 2 is 1.86 bits per heavy atom. The van der Waals surface area contributed by atoms with Gasteiger partial charge in [0.25, 0.3) is 0 Å². The summed E-state index contributed by atoms with van der Waals surface area (Å²) < 4.78 is 50.1. The maximum absolute atomic E-state index is 15.1. The predicted octanol–water partition coefficient (Wildman–Crippen LogP) is 5.54. The van der Waals surface area contributed by atoms with Crippen LogP contribution in [0.2, 0.25) is 0 Å². The fourth-order valence-corrected chi connectivity index (χ4v) is 4.34. The zero-order chi connectivity index (χ0) is 20.8. The first kappa shape index (κ1) is 19.8. The SMILES string of the molecule is CCOc1cc(F)c(C2c3[nH]c4ccccc4c3CCN2CC(C)(C)F)c(F)c1. The number of halogens is 3. The monoisotopic (exact) mass is 402 g/mol. The van der Waals surface area contributed by atoms with Crippen LogP contribution in [0.1, 0.15) is 43.6 Å². The summed E-state index contributed by atoms with van der Waals surface area (Å²) in [6, 6.07) is 9.48. The molecule has 0 fully saturated rings. The molecule has 2 aromatic carbocycles. The summed E-state index contributed by atoms with van der Waals surface area (Å²) in [7, 11) is 0. The van der Waals surface area contributed by atoms with E-state index in [1.165, 1.54) is 26.0 Å². The van der Waals surface area contributed by atoms with Gasteiger partial charge < -0.3 is 9.72 Å². The Labute approximate surface area is 168 Å². The van der Waals surface area contributed by atoms with Gasteiger partial charge in [0.15, 0.2) is 0 Å². The minimum Gasteiger partial charge on any atom is -0.494 e. The van der Waals surface area contributed by atoms with E-state index >= 15 is 8.78 Å². The van der Waals surface area contributed by atoms with E-state index < -0.39 is 23.3 Å². The second-order valence-corrected chi connectivity index (χ2v) is 8.14. The summed E-state index contributed by atoms with van der Waals surface area (Å²) in [6.07, 6.45) is 0.687. The maximum Gasteiger partial charge on any atom is 0.135 e. The number of rotatable bonds is 5. The maximum atomic E-state index is 15.1. The molecule has 0 amide bonds. The molecule has 1 aliphatic rings. The molecule has 0 bridgehead atoms. The number of benzene rings is 2. The average molecular weight is 402 g/mol. The largest absolute Gasteiger partial charge is 0.494 e. The van der Waals surface area contributed by atoms with E-state index in [1.54, 1.807) is 6.92 Å². The lowest BCUT2D eigenvalue weighted by Gasteiger charge is -2.38. The Balaban J connectivity index is 1.89. The first-order valence-electron chi connectivity index (χ1n) is 9.92. The van der Waals surface area contributed by atoms with Gasteiger partial charge in [-0.1, -0.05) is 18.2 Å². The molecule has 0 saturated heterocycles. The number of fused-ring (bicyclic) bond motifs is 3. The number of aromatic amines is 1. The van der Waals surface area contributed by atoms with Crippen molar-refractivity contribution in [3.63, 3.8) is 0 Å². The molecule has 0 radical (unpaired) electrons. The molecule has 1 atom stereocenters. The number of nitrogens with zero attached hydrogens (tertiary/aromatic N) is 1. The van der Waals surface area contributed by atoms with Crippen molar-refractivity contribution in [2.75, 3.05) is 19.7 Å². The first-order chi connectivity index (χ1) is 13.8. The summed E-state index contributed by atoms with van der Waals surface area (Å²) in [5.74, 6) is -1.23. The number of hydrogen-bond acceptors (Lipinski definition) is 2. The van der Waals surface area contributed by atoms with E-state index in [2.05, 4.69) is 4.98 Å². The van der Waals surface area contributed by atoms with Crippen LogP contribution in [-0.4, -0.2) is 35.2 Å². The van der Waals surface area contributed by atoms with Crippen molar-refractivity contribution in [3.8, 4) is 5.75 Å². The van der Waals surface area contributed by atoms with E-state index in [4.69, 9.17) is 4.74 Å². The number of H-pyrrole nitrogens is 1. The molecular formula is C23H25F3N2O. The Kier molecular flexibility index (Phi) is 5.07. The highest BCUT2D eigenvalue weighted by molar-refractivity contribution is 5.85. The summed E-state index contributed by atoms with van der Waals surface area (Å²) in [4.78, 5) is 5.16. The molecule has 0 spiro atoms. The normalized spacial score (nSPS) is 17.5. The van der Waals surface area contributed by atoms with Crippen molar-refractivity contribution in [2.45, 2.75) is 38.9 Å². The standard InChI is InChI=1S/C23H25F3N2O/c1-4-29-14-11-17(24)20(18(25)12-14)22-21-16(9-10-28(22)13-23(2,3)26)15-7-5-6-8-19(15)27-21/h5-8,11-12,22,27H,4,9-10,13H2,1-3H3. The minimum absolute atomic E-state index is 0.0680. The van der Waals surface area contributed by atoms with E-state index in [9.17, 15) is 4.39 Å². The van der Waals surface area contributed by atoms with Crippen molar-refractivity contribution in [2.24, 2.45) is 0 Å². The number of aromatic nitrogens is 1. The van der Waals surface area contributed by atoms with Crippen LogP contribution in [0.15, 0.2) is 36.4 Å². The molecule has 1 unspecified atom stereocenters. The first-order valence-corrected chi connectivity index (χ1v) is 9.92. The molecule has 6 heteroatoms. The fraction of sp³-hybridized carbons (Fsp3) is 0.391. The quantitative estimate of drug-likeness (QED) is 0.607. The predicted molar refractivity (Wildman–Crippen MR) is 108 cm³/mol. The van der Waals surface area contributed by atoms with Gasteiger partial charge in [-0.3, -0.25) is 4.90 Å². The Hall–Kier alpha value is -2.47. The number of nitrogens with one attached hydrogen (secondary N) is 1. The molecule has 1 aliphatic heterocycles. The summed E-state index contributed by atoms with van der Waals surface area (Å²) in [5, 5.41) is 1.04. The van der Waals surface area contributed by atoms with Gasteiger partial charge in [0.1, 0.15) is 23.1 Å². The highest BCUT2D eigenvalue weighted by Crippen LogP contribution is 2.41. The smallest absolute Gasteiger partial charge is 0.135 e. The second-order valence-electron chi connectivity index (χ2n) is 8.14. The molecule has 3 nitrogen and oxygen atoms in total. The third kappa shape index (κ3) is 3.73. The molecule has 1 aromatic heterocycles. The fourth-order valence-electron chi connectivity index (χ4n) is 4.34. The number of alkyl halides is 1. The molecule has 3 aromatic rings. The van der Waals surface area contributed by atoms with Gasteiger partial charge in [-0.05, 0) is 38.8 Å². The molecule has 1 N–H and O–H groups in total. The van der Waals surface area contributed by atoms with Crippen molar-refractivity contribution >= 4 is 10.9 Å². The zero-order valence-corrected chi connectivity index (χ0v) is 16.9. The van der Waals surface area contributed by atoms with E-state index in [0.717, 1.165) is 22.2 Å². The number of para-hydroxylation sites is 1. The van der Waals surface area contributed by atoms with Gasteiger partial charge in [0.2, 0.25) is 0 Å². The minimum atomic E-state index is -1.50. The molecule has 4 rings (SSSR count). The Morgan fingerprint density at radius 1 is 1.17 bits per heavy atom. The summed E-state index contributed by atoms with van der Waals surface area (Å²) in [5.41, 5.74) is 1.09. The van der Waals surface area contributed by atoms with Crippen LogP contribution in [-0.2, 0) is 6.42 Å². The van der Waals surface area contributed by atoms with Gasteiger partial charge >= 0.3 is 0 Å². The van der Waals surface area contributed by atoms with Crippen LogP contribution in [0.3, 0.4) is 0 Å². The van der Waals surface area contributed by atoms with Gasteiger partial charge in [0.05, 0.1) is 12.6 Å². The van der Waals surface area contributed by atoms with Crippen molar-refractivity contribution in [3.05, 3.63) is 64.9 Å². The molecule has 0 aliphatic carbocycles. The van der Waals surface area contributed by atoms with Crippen molar-refractivity contribution in [1.82, 2.24) is 9.88 Å². The summed E-state index contributed by atoms with van der Waals surface area (Å²) >= 11 is 0. The molecule has 154 valence electrons. The molecule has 0 saturated carbocycles. The topological polar surface area (TPSA) is 28.3 Å². The van der Waals surface area contributed by atoms with Crippen LogP contribution in [0, 0.1) is 11.6 Å². The Bertz CT molecular complexity index is 1020. The van der Waals surface area contributed by atoms with Crippen LogP contribution < -0.4 is 4.74 Å². The van der Waals surface area contributed by atoms with Gasteiger partial charge in [-0.15, -0.1) is 0 Å². The highest BCUT2D eigenvalue weighted by atomic mass is 19.1. The molecule has 2 heterocycles. The Morgan fingerprint density at radius 3 is 2.52 bits per heavy atom. The lowest BCUT2D eigenvalue weighted by Crippen LogP contribution is -2.43. The van der Waals surface area contributed by atoms with E-state index in [-0.39, 0.29) is 17.9 Å². The summed E-state index contributed by atoms with van der Waals surface area (Å²) in [6.45, 7) is 5.62. The van der Waals surface area contributed by atoms with Gasteiger partial charge in [-0.25, -0.2) is 13.2 Å². The van der Waals surface area contributed by atoms with Crippen LogP contribution in [0.25, 0.3) is 10.9 Å². The lowest BCUT2D eigenvalue weighted by molar-refractivity contribution is 0.0962. The zero-order valence-electron chi connectivity index (χ0n) is 16.9. The second kappa shape index (κ2) is 7.41. The molecular weight excluding hydrogens is 377 g/mol. The molecule has 29 heavy (non-hydrogen) atoms. The van der Waals surface area contributed by atoms with E-state index in [0.29, 0.717) is 19.6 Å². The van der Waals surface area contributed by atoms with Gasteiger partial charge in [0, 0.05) is 47.4 Å². The van der Waals surface area contributed by atoms with Crippen LogP contribution in [0.4, 0.5) is 13.2 Å². The highest BCUT2D eigenvalue weighted by Gasteiger charge is 2.37. The number of ether oxygens (including phenoxy) is 1. The van der Waals surface area contributed by atoms with Crippen molar-refractivity contribution in [1.29, 1.82) is 0 Å². The lowest BCUT2D eigenvalue weighted by atomic mass is 9.90. The van der Waals surface area contributed by atoms with Crippen LogP contribution in [0.5, 0.6) is 5.75 Å².